The zero-order valence-electron chi connectivity index (χ0n) is 11.1. The summed E-state index contributed by atoms with van der Waals surface area (Å²) in [5.41, 5.74) is 3.11. The zero-order valence-corrected chi connectivity index (χ0v) is 12.7. The molecule has 1 atom stereocenters. The maximum absolute atomic E-state index is 12.7. The number of hydrogen-bond donors (Lipinski definition) is 2. The van der Waals surface area contributed by atoms with Crippen molar-refractivity contribution in [3.05, 3.63) is 18.2 Å². The second-order valence-corrected chi connectivity index (χ2v) is 6.60. The number of carbonyl (C=O) groups excluding carboxylic acids is 1. The number of benzene rings is 1. The molecule has 0 saturated heterocycles. The molecule has 21 heavy (non-hydrogen) atoms. The number of amides is 1. The topological polar surface area (TPSA) is 68.0 Å². The molecule has 0 radical (unpaired) electrons. The highest BCUT2D eigenvalue weighted by molar-refractivity contribution is 8.00. The van der Waals surface area contributed by atoms with E-state index in [1.165, 1.54) is 29.2 Å². The van der Waals surface area contributed by atoms with Crippen LogP contribution in [0.2, 0.25) is 0 Å². The van der Waals surface area contributed by atoms with Crippen molar-refractivity contribution < 1.29 is 18.0 Å². The number of nitrogens with zero attached hydrogens (tertiary/aromatic N) is 1. The number of anilines is 1. The Morgan fingerprint density at radius 3 is 2.67 bits per heavy atom. The minimum atomic E-state index is -4.82. The smallest absolute Gasteiger partial charge is 0.324 e. The van der Waals surface area contributed by atoms with Crippen molar-refractivity contribution in [2.45, 2.75) is 23.0 Å². The highest BCUT2D eigenvalue weighted by Crippen LogP contribution is 2.32. The number of nitrogens with one attached hydrogen (secondary N) is 1. The molecule has 2 aromatic rings. The highest BCUT2D eigenvalue weighted by atomic mass is 32.2. The van der Waals surface area contributed by atoms with Crippen LogP contribution in [-0.2, 0) is 4.79 Å². The van der Waals surface area contributed by atoms with E-state index < -0.39 is 17.6 Å². The van der Waals surface area contributed by atoms with Crippen LogP contribution in [0.25, 0.3) is 10.2 Å². The average Bonchev–Trinajstić information content (AvgIpc) is 2.79. The number of thioether (sulfide) groups is 1. The standard InChI is InChI=1S/C12H12F3N3OS2/c1-11(16,12(13,14)15)9(19)17-6-3-4-7-8(5-6)21-10(18-7)20-2/h3-5H,16H2,1-2H3,(H,17,19). The fourth-order valence-electron chi connectivity index (χ4n) is 1.46. The van der Waals surface area contributed by atoms with Crippen LogP contribution in [0.1, 0.15) is 6.92 Å². The van der Waals surface area contributed by atoms with Gasteiger partial charge in [-0.05, 0) is 31.4 Å². The van der Waals surface area contributed by atoms with Crippen molar-refractivity contribution >= 4 is 44.9 Å². The summed E-state index contributed by atoms with van der Waals surface area (Å²) >= 11 is 2.87. The van der Waals surface area contributed by atoms with Crippen LogP contribution in [0.15, 0.2) is 22.5 Å². The maximum Gasteiger partial charge on any atom is 0.415 e. The fourth-order valence-corrected chi connectivity index (χ4v) is 2.99. The van der Waals surface area contributed by atoms with Crippen molar-refractivity contribution in [3.63, 3.8) is 0 Å². The van der Waals surface area contributed by atoms with Crippen LogP contribution in [0.3, 0.4) is 0 Å². The molecule has 2 rings (SSSR count). The molecular formula is C12H12F3N3OS2. The first-order chi connectivity index (χ1) is 9.65. The van der Waals surface area contributed by atoms with Gasteiger partial charge in [0.2, 0.25) is 0 Å². The van der Waals surface area contributed by atoms with E-state index in [4.69, 9.17) is 5.73 Å². The van der Waals surface area contributed by atoms with E-state index in [9.17, 15) is 18.0 Å². The molecule has 1 amide bonds. The van der Waals surface area contributed by atoms with Crippen molar-refractivity contribution in [3.8, 4) is 0 Å². The van der Waals surface area contributed by atoms with E-state index in [2.05, 4.69) is 10.3 Å². The van der Waals surface area contributed by atoms with Gasteiger partial charge in [0.15, 0.2) is 9.88 Å². The first kappa shape index (κ1) is 16.1. The monoisotopic (exact) mass is 335 g/mol. The molecule has 0 spiro atoms. The molecule has 0 aliphatic carbocycles. The molecule has 0 aliphatic rings. The Morgan fingerprint density at radius 1 is 1.43 bits per heavy atom. The molecule has 114 valence electrons. The van der Waals surface area contributed by atoms with Gasteiger partial charge >= 0.3 is 6.18 Å². The number of nitrogens with two attached hydrogens (primary N) is 1. The highest BCUT2D eigenvalue weighted by Gasteiger charge is 2.53. The molecule has 0 bridgehead atoms. The minimum absolute atomic E-state index is 0.254. The second-order valence-electron chi connectivity index (χ2n) is 4.52. The Labute approximate surface area is 126 Å². The number of hydrogen-bond acceptors (Lipinski definition) is 5. The molecule has 1 heterocycles. The lowest BCUT2D eigenvalue weighted by Crippen LogP contribution is -2.59. The molecule has 1 unspecified atom stereocenters. The van der Waals surface area contributed by atoms with Gasteiger partial charge in [-0.2, -0.15) is 13.2 Å². The van der Waals surface area contributed by atoms with Crippen LogP contribution in [0, 0.1) is 0 Å². The third-order valence-corrected chi connectivity index (χ3v) is 4.87. The van der Waals surface area contributed by atoms with Gasteiger partial charge in [0.1, 0.15) is 0 Å². The quantitative estimate of drug-likeness (QED) is 0.845. The second kappa shape index (κ2) is 5.47. The normalized spacial score (nSPS) is 15.0. The number of alkyl halides is 3. The maximum atomic E-state index is 12.7. The van der Waals surface area contributed by atoms with Gasteiger partial charge in [-0.3, -0.25) is 4.79 Å². The van der Waals surface area contributed by atoms with Gasteiger partial charge in [0.05, 0.1) is 10.2 Å². The van der Waals surface area contributed by atoms with Gasteiger partial charge < -0.3 is 11.1 Å². The van der Waals surface area contributed by atoms with E-state index in [1.807, 2.05) is 6.26 Å². The van der Waals surface area contributed by atoms with E-state index >= 15 is 0 Å². The Kier molecular flexibility index (Phi) is 4.18. The van der Waals surface area contributed by atoms with Crippen LogP contribution >= 0.6 is 23.1 Å². The summed E-state index contributed by atoms with van der Waals surface area (Å²) < 4.78 is 39.7. The van der Waals surface area contributed by atoms with Crippen molar-refractivity contribution in [2.75, 3.05) is 11.6 Å². The first-order valence-electron chi connectivity index (χ1n) is 5.77. The summed E-state index contributed by atoms with van der Waals surface area (Å²) in [6.07, 6.45) is -2.94. The molecule has 0 saturated carbocycles. The van der Waals surface area contributed by atoms with E-state index in [-0.39, 0.29) is 5.69 Å². The summed E-state index contributed by atoms with van der Waals surface area (Å²) in [4.78, 5) is 16.0. The van der Waals surface area contributed by atoms with Crippen LogP contribution in [-0.4, -0.2) is 28.9 Å². The van der Waals surface area contributed by atoms with Crippen molar-refractivity contribution in [1.29, 1.82) is 0 Å². The van der Waals surface area contributed by atoms with Crippen LogP contribution < -0.4 is 11.1 Å². The molecule has 3 N–H and O–H groups in total. The van der Waals surface area contributed by atoms with E-state index in [1.54, 1.807) is 12.1 Å². The molecular weight excluding hydrogens is 323 g/mol. The molecule has 0 fully saturated rings. The predicted molar refractivity (Wildman–Crippen MR) is 78.7 cm³/mol. The Bertz CT molecular complexity index is 682. The zero-order chi connectivity index (χ0) is 15.8. The lowest BCUT2D eigenvalue weighted by molar-refractivity contribution is -0.184. The summed E-state index contributed by atoms with van der Waals surface area (Å²) in [5, 5.41) is 2.20. The predicted octanol–water partition coefficient (Wildman–Crippen LogP) is 3.24. The number of aromatic nitrogens is 1. The largest absolute Gasteiger partial charge is 0.415 e. The summed E-state index contributed by atoms with van der Waals surface area (Å²) in [6.45, 7) is 0.638. The lowest BCUT2D eigenvalue weighted by Gasteiger charge is -2.26. The fraction of sp³-hybridized carbons (Fsp3) is 0.333. The van der Waals surface area contributed by atoms with E-state index in [0.717, 1.165) is 14.6 Å². The molecule has 0 aliphatic heterocycles. The number of carbonyl (C=O) groups is 1. The van der Waals surface area contributed by atoms with E-state index in [0.29, 0.717) is 6.92 Å². The Morgan fingerprint density at radius 2 is 2.10 bits per heavy atom. The molecule has 1 aromatic carbocycles. The Hall–Kier alpha value is -1.32. The van der Waals surface area contributed by atoms with Crippen LogP contribution in [0.4, 0.5) is 18.9 Å². The van der Waals surface area contributed by atoms with Gasteiger partial charge in [-0.1, -0.05) is 11.8 Å². The third-order valence-electron chi connectivity index (χ3n) is 2.86. The van der Waals surface area contributed by atoms with Gasteiger partial charge in [0, 0.05) is 5.69 Å². The summed E-state index contributed by atoms with van der Waals surface area (Å²) in [5.74, 6) is -1.30. The van der Waals surface area contributed by atoms with Gasteiger partial charge in [-0.25, -0.2) is 4.98 Å². The van der Waals surface area contributed by atoms with Crippen molar-refractivity contribution in [1.82, 2.24) is 4.98 Å². The van der Waals surface area contributed by atoms with Gasteiger partial charge in [-0.15, -0.1) is 11.3 Å². The molecule has 4 nitrogen and oxygen atoms in total. The van der Waals surface area contributed by atoms with Gasteiger partial charge in [0.25, 0.3) is 5.91 Å². The minimum Gasteiger partial charge on any atom is -0.324 e. The first-order valence-corrected chi connectivity index (χ1v) is 7.81. The number of halogens is 3. The summed E-state index contributed by atoms with van der Waals surface area (Å²) in [7, 11) is 0. The number of rotatable bonds is 3. The summed E-state index contributed by atoms with van der Waals surface area (Å²) in [6, 6.07) is 4.72. The van der Waals surface area contributed by atoms with Crippen LogP contribution in [0.5, 0.6) is 0 Å². The number of fused-ring (bicyclic) bond motifs is 1. The Balaban J connectivity index is 2.25. The third kappa shape index (κ3) is 3.14. The number of thiazole rings is 1. The SMILES string of the molecule is CSc1nc2ccc(NC(=O)C(C)(N)C(F)(F)F)cc2s1. The van der Waals surface area contributed by atoms with Crippen molar-refractivity contribution in [2.24, 2.45) is 5.73 Å². The lowest BCUT2D eigenvalue weighted by atomic mass is 10.0. The molecule has 9 heteroatoms. The average molecular weight is 335 g/mol. The molecule has 1 aromatic heterocycles.